The molecule has 2 aromatic rings. The SMILES string of the molecule is CC[C@@H]1C[C@]1(NC(=O)[C@@H]1C[C@@H](Oc2cccc(-c3ccccc3)c2)CN1C(=O)[C@@H](NC(=O)[C@@H](NC(C)=O)C1CCCCC1)C(C)C)C(=O)O. The van der Waals surface area contributed by atoms with Crippen LogP contribution < -0.4 is 20.7 Å². The Kier molecular flexibility index (Phi) is 11.3. The molecule has 1 aliphatic heterocycles. The molecule has 11 heteroatoms. The molecule has 2 aromatic carbocycles. The molecule has 3 aliphatic rings. The molecule has 1 saturated heterocycles. The Labute approximate surface area is 288 Å². The van der Waals surface area contributed by atoms with E-state index in [0.29, 0.717) is 18.6 Å². The summed E-state index contributed by atoms with van der Waals surface area (Å²) in [4.78, 5) is 67.9. The van der Waals surface area contributed by atoms with Crippen molar-refractivity contribution in [2.24, 2.45) is 17.8 Å². The molecule has 2 saturated carbocycles. The van der Waals surface area contributed by atoms with Crippen LogP contribution in [0.2, 0.25) is 0 Å². The number of hydrogen-bond acceptors (Lipinski definition) is 6. The minimum Gasteiger partial charge on any atom is -0.488 e. The van der Waals surface area contributed by atoms with Gasteiger partial charge in [-0.2, -0.15) is 0 Å². The summed E-state index contributed by atoms with van der Waals surface area (Å²) >= 11 is 0. The minimum atomic E-state index is -1.36. The van der Waals surface area contributed by atoms with Crippen molar-refractivity contribution in [3.8, 4) is 16.9 Å². The van der Waals surface area contributed by atoms with Gasteiger partial charge >= 0.3 is 5.97 Å². The maximum atomic E-state index is 14.4. The molecular formula is C38H50N4O7. The highest BCUT2D eigenvalue weighted by molar-refractivity contribution is 5.97. The van der Waals surface area contributed by atoms with Crippen LogP contribution in [0.15, 0.2) is 54.6 Å². The van der Waals surface area contributed by atoms with Crippen LogP contribution in [0.25, 0.3) is 11.1 Å². The number of nitrogens with zero attached hydrogens (tertiary/aromatic N) is 1. The van der Waals surface area contributed by atoms with E-state index < -0.39 is 53.5 Å². The largest absolute Gasteiger partial charge is 0.488 e. The highest BCUT2D eigenvalue weighted by atomic mass is 16.5. The van der Waals surface area contributed by atoms with Crippen molar-refractivity contribution in [2.45, 2.75) is 109 Å². The first kappa shape index (κ1) is 35.9. The number of carboxylic acid groups (broad SMARTS) is 1. The first-order chi connectivity index (χ1) is 23.4. The van der Waals surface area contributed by atoms with Gasteiger partial charge in [-0.15, -0.1) is 0 Å². The number of ether oxygens (including phenoxy) is 1. The van der Waals surface area contributed by atoms with Gasteiger partial charge in [0.25, 0.3) is 0 Å². The summed E-state index contributed by atoms with van der Waals surface area (Å²) in [7, 11) is 0. The molecule has 4 amide bonds. The Morgan fingerprint density at radius 3 is 2.27 bits per heavy atom. The number of hydrogen-bond donors (Lipinski definition) is 4. The van der Waals surface area contributed by atoms with E-state index in [4.69, 9.17) is 4.74 Å². The molecule has 3 fully saturated rings. The van der Waals surface area contributed by atoms with Crippen molar-refractivity contribution in [2.75, 3.05) is 6.54 Å². The standard InChI is InChI=1S/C38H50N4O7/c1-5-28-21-38(28,37(47)48)41-34(44)31-20-30(49-29-18-12-17-27(19-29)25-13-8-6-9-14-25)22-42(31)36(46)32(23(2)3)40-35(45)33(39-24(4)43)26-15-10-7-11-16-26/h6,8-9,12-14,17-19,23,26,28,30-33H,5,7,10-11,15-16,20-22H2,1-4H3,(H,39,43)(H,40,45)(H,41,44)(H,47,48)/t28-,30-,31+,32+,33+,38-/m1/s1. The van der Waals surface area contributed by atoms with E-state index in [9.17, 15) is 29.1 Å². The smallest absolute Gasteiger partial charge is 0.329 e. The summed E-state index contributed by atoms with van der Waals surface area (Å²) in [6.45, 7) is 6.98. The Morgan fingerprint density at radius 1 is 0.959 bits per heavy atom. The molecule has 0 aromatic heterocycles. The Morgan fingerprint density at radius 2 is 1.65 bits per heavy atom. The summed E-state index contributed by atoms with van der Waals surface area (Å²) in [6.07, 6.45) is 5.14. The fourth-order valence-corrected chi connectivity index (χ4v) is 7.56. The van der Waals surface area contributed by atoms with Gasteiger partial charge in [-0.05, 0) is 60.3 Å². The lowest BCUT2D eigenvalue weighted by Crippen LogP contribution is -2.60. The lowest BCUT2D eigenvalue weighted by molar-refractivity contribution is -0.146. The number of likely N-dealkylation sites (tertiary alicyclic amines) is 1. The number of nitrogens with one attached hydrogen (secondary N) is 3. The lowest BCUT2D eigenvalue weighted by Gasteiger charge is -2.34. The molecule has 6 atom stereocenters. The second-order valence-electron chi connectivity index (χ2n) is 14.3. The number of carbonyl (C=O) groups is 5. The van der Waals surface area contributed by atoms with Crippen LogP contribution in [0.4, 0.5) is 0 Å². The van der Waals surface area contributed by atoms with Crippen LogP contribution in [0.5, 0.6) is 5.75 Å². The Balaban J connectivity index is 1.38. The van der Waals surface area contributed by atoms with E-state index in [1.807, 2.05) is 75.4 Å². The molecule has 2 aliphatic carbocycles. The maximum absolute atomic E-state index is 14.4. The third-order valence-corrected chi connectivity index (χ3v) is 10.4. The fourth-order valence-electron chi connectivity index (χ4n) is 7.56. The van der Waals surface area contributed by atoms with E-state index in [1.165, 1.54) is 11.8 Å². The van der Waals surface area contributed by atoms with E-state index in [2.05, 4.69) is 16.0 Å². The molecule has 0 unspecified atom stereocenters. The van der Waals surface area contributed by atoms with Gasteiger partial charge in [0, 0.05) is 13.3 Å². The minimum absolute atomic E-state index is 0.0347. The van der Waals surface area contributed by atoms with Crippen LogP contribution in [0, 0.1) is 17.8 Å². The highest BCUT2D eigenvalue weighted by Crippen LogP contribution is 2.46. The average Bonchev–Trinajstić information content (AvgIpc) is 3.66. The summed E-state index contributed by atoms with van der Waals surface area (Å²) < 4.78 is 6.39. The monoisotopic (exact) mass is 674 g/mol. The quantitative estimate of drug-likeness (QED) is 0.247. The molecule has 11 nitrogen and oxygen atoms in total. The van der Waals surface area contributed by atoms with Crippen molar-refractivity contribution < 1.29 is 33.8 Å². The molecule has 4 N–H and O–H groups in total. The number of benzene rings is 2. The van der Waals surface area contributed by atoms with E-state index in [-0.39, 0.29) is 36.6 Å². The molecule has 5 rings (SSSR count). The number of carbonyl (C=O) groups excluding carboxylic acids is 4. The van der Waals surface area contributed by atoms with Crippen LogP contribution >= 0.6 is 0 Å². The van der Waals surface area contributed by atoms with Crippen LogP contribution in [-0.4, -0.2) is 75.9 Å². The molecule has 0 bridgehead atoms. The van der Waals surface area contributed by atoms with Gasteiger partial charge in [0.05, 0.1) is 6.54 Å². The van der Waals surface area contributed by atoms with Crippen molar-refractivity contribution in [3.63, 3.8) is 0 Å². The van der Waals surface area contributed by atoms with Crippen molar-refractivity contribution in [1.82, 2.24) is 20.9 Å². The van der Waals surface area contributed by atoms with Gasteiger partial charge < -0.3 is 30.7 Å². The molecule has 49 heavy (non-hydrogen) atoms. The number of carboxylic acids is 1. The Hall–Kier alpha value is -4.41. The second-order valence-corrected chi connectivity index (χ2v) is 14.3. The zero-order valence-corrected chi connectivity index (χ0v) is 28.9. The van der Waals surface area contributed by atoms with Gasteiger partial charge in [-0.3, -0.25) is 19.2 Å². The zero-order chi connectivity index (χ0) is 35.3. The number of aliphatic carboxylic acids is 1. The van der Waals surface area contributed by atoms with Gasteiger partial charge in [-0.1, -0.05) is 88.9 Å². The number of amides is 4. The van der Waals surface area contributed by atoms with E-state index in [0.717, 1.165) is 43.2 Å². The van der Waals surface area contributed by atoms with Gasteiger partial charge in [0.1, 0.15) is 35.5 Å². The molecular weight excluding hydrogens is 624 g/mol. The third kappa shape index (κ3) is 8.25. The molecule has 0 spiro atoms. The van der Waals surface area contributed by atoms with E-state index >= 15 is 0 Å². The lowest BCUT2D eigenvalue weighted by atomic mass is 9.83. The summed E-state index contributed by atoms with van der Waals surface area (Å²) in [6, 6.07) is 14.7. The predicted octanol–water partition coefficient (Wildman–Crippen LogP) is 4.30. The highest BCUT2D eigenvalue weighted by Gasteiger charge is 2.61. The fraction of sp³-hybridized carbons (Fsp3) is 0.553. The summed E-state index contributed by atoms with van der Waals surface area (Å²) in [5.41, 5.74) is 0.611. The first-order valence-corrected chi connectivity index (χ1v) is 17.7. The van der Waals surface area contributed by atoms with Crippen molar-refractivity contribution in [1.29, 1.82) is 0 Å². The summed E-state index contributed by atoms with van der Waals surface area (Å²) in [5.74, 6) is -2.83. The van der Waals surface area contributed by atoms with Crippen molar-refractivity contribution in [3.05, 3.63) is 54.6 Å². The predicted molar refractivity (Wildman–Crippen MR) is 184 cm³/mol. The van der Waals surface area contributed by atoms with Crippen molar-refractivity contribution >= 4 is 29.6 Å². The molecule has 264 valence electrons. The normalized spacial score (nSPS) is 24.8. The maximum Gasteiger partial charge on any atom is 0.329 e. The topological polar surface area (TPSA) is 154 Å². The Bertz CT molecular complexity index is 1520. The van der Waals surface area contributed by atoms with Gasteiger partial charge in [0.15, 0.2) is 0 Å². The van der Waals surface area contributed by atoms with Crippen LogP contribution in [-0.2, 0) is 24.0 Å². The zero-order valence-electron chi connectivity index (χ0n) is 28.9. The van der Waals surface area contributed by atoms with E-state index in [1.54, 1.807) is 0 Å². The number of rotatable bonds is 13. The average molecular weight is 675 g/mol. The summed E-state index contributed by atoms with van der Waals surface area (Å²) in [5, 5.41) is 18.5. The van der Waals surface area contributed by atoms with Gasteiger partial charge in [-0.25, -0.2) is 4.79 Å². The molecule has 1 heterocycles. The second kappa shape index (κ2) is 15.4. The third-order valence-electron chi connectivity index (χ3n) is 10.4. The van der Waals surface area contributed by atoms with Gasteiger partial charge in [0.2, 0.25) is 23.6 Å². The first-order valence-electron chi connectivity index (χ1n) is 17.7. The van der Waals surface area contributed by atoms with Crippen LogP contribution in [0.1, 0.15) is 79.1 Å². The van der Waals surface area contributed by atoms with Crippen LogP contribution in [0.3, 0.4) is 0 Å². The molecule has 0 radical (unpaired) electrons.